The first kappa shape index (κ1) is 25.1. The summed E-state index contributed by atoms with van der Waals surface area (Å²) in [6.45, 7) is 4.51. The average molecular weight is 520 g/mol. The summed E-state index contributed by atoms with van der Waals surface area (Å²) >= 11 is 0. The maximum Gasteiger partial charge on any atom is 0.310 e. The molecule has 162 valence electrons. The highest BCUT2D eigenvalue weighted by Gasteiger charge is 2.28. The van der Waals surface area contributed by atoms with Gasteiger partial charge < -0.3 is 20.3 Å². The third-order valence-electron chi connectivity index (χ3n) is 4.54. The number of nitrogens with zero attached hydrogens (tertiary/aromatic N) is 2. The van der Waals surface area contributed by atoms with E-state index < -0.39 is 0 Å². The van der Waals surface area contributed by atoms with Gasteiger partial charge in [-0.05, 0) is 37.5 Å². The van der Waals surface area contributed by atoms with Crippen molar-refractivity contribution in [2.24, 2.45) is 10.9 Å². The third-order valence-corrected chi connectivity index (χ3v) is 4.54. The number of benzene rings is 1. The van der Waals surface area contributed by atoms with E-state index in [4.69, 9.17) is 4.74 Å². The minimum atomic E-state index is -0.349. The predicted octanol–water partition coefficient (Wildman–Crippen LogP) is 1.95. The van der Waals surface area contributed by atoms with E-state index in [1.807, 2.05) is 11.8 Å². The van der Waals surface area contributed by atoms with E-state index in [1.165, 1.54) is 12.1 Å². The summed E-state index contributed by atoms with van der Waals surface area (Å²) in [6.07, 6.45) is 1.86. The smallest absolute Gasteiger partial charge is 0.310 e. The quantitative estimate of drug-likeness (QED) is 0.189. The van der Waals surface area contributed by atoms with Gasteiger partial charge in [0.1, 0.15) is 5.82 Å². The third kappa shape index (κ3) is 8.55. The zero-order valence-corrected chi connectivity index (χ0v) is 19.3. The molecule has 29 heavy (non-hydrogen) atoms. The highest BCUT2D eigenvalue weighted by Crippen LogP contribution is 2.18. The van der Waals surface area contributed by atoms with Crippen LogP contribution in [0, 0.1) is 11.7 Å². The van der Waals surface area contributed by atoms with Crippen LogP contribution in [-0.4, -0.2) is 62.6 Å². The zero-order valence-electron chi connectivity index (χ0n) is 16.9. The Morgan fingerprint density at radius 3 is 2.76 bits per heavy atom. The summed E-state index contributed by atoms with van der Waals surface area (Å²) in [5.74, 6) is -0.111. The van der Waals surface area contributed by atoms with E-state index in [9.17, 15) is 14.0 Å². The Kier molecular flexibility index (Phi) is 11.6. The second-order valence-corrected chi connectivity index (χ2v) is 6.67. The van der Waals surface area contributed by atoms with Gasteiger partial charge in [0.15, 0.2) is 5.96 Å². The molecular formula is C20H30FIN4O3. The Balaban J connectivity index is 0.00000420. The van der Waals surface area contributed by atoms with Crippen LogP contribution in [0.25, 0.3) is 0 Å². The molecule has 9 heteroatoms. The molecule has 7 nitrogen and oxygen atoms in total. The van der Waals surface area contributed by atoms with Gasteiger partial charge in [-0.2, -0.15) is 0 Å². The summed E-state index contributed by atoms with van der Waals surface area (Å²) in [7, 11) is 1.69. The molecule has 2 N–H and O–H groups in total. The molecule has 1 aromatic rings. The number of nitrogens with one attached hydrogen (secondary N) is 2. The van der Waals surface area contributed by atoms with E-state index in [-0.39, 0.29) is 54.0 Å². The van der Waals surface area contributed by atoms with Crippen LogP contribution in [0.2, 0.25) is 0 Å². The SMILES string of the molecule is CCOC(=O)[C@H]1CCCN(C(=NC)NCCNC(=O)Cc2cccc(F)c2)C1.I. The second kappa shape index (κ2) is 13.3. The monoisotopic (exact) mass is 520 g/mol. The van der Waals surface area contributed by atoms with Crippen molar-refractivity contribution in [1.82, 2.24) is 15.5 Å². The largest absolute Gasteiger partial charge is 0.466 e. The number of carbonyl (C=O) groups is 2. The minimum Gasteiger partial charge on any atom is -0.466 e. The molecule has 1 saturated heterocycles. The molecule has 1 fully saturated rings. The van der Waals surface area contributed by atoms with E-state index in [1.54, 1.807) is 19.2 Å². The summed E-state index contributed by atoms with van der Waals surface area (Å²) in [5.41, 5.74) is 0.639. The van der Waals surface area contributed by atoms with Crippen molar-refractivity contribution in [3.05, 3.63) is 35.6 Å². The minimum absolute atomic E-state index is 0. The molecule has 1 heterocycles. The van der Waals surface area contributed by atoms with E-state index in [0.29, 0.717) is 37.8 Å². The molecule has 0 saturated carbocycles. The zero-order chi connectivity index (χ0) is 20.4. The molecule has 0 unspecified atom stereocenters. The van der Waals surface area contributed by atoms with Crippen molar-refractivity contribution in [2.75, 3.05) is 39.8 Å². The van der Waals surface area contributed by atoms with Crippen molar-refractivity contribution in [3.8, 4) is 0 Å². The van der Waals surface area contributed by atoms with Crippen LogP contribution in [0.3, 0.4) is 0 Å². The fourth-order valence-corrected chi connectivity index (χ4v) is 3.23. The molecule has 0 aromatic heterocycles. The van der Waals surface area contributed by atoms with Crippen molar-refractivity contribution in [1.29, 1.82) is 0 Å². The van der Waals surface area contributed by atoms with Gasteiger partial charge in [-0.1, -0.05) is 12.1 Å². The molecule has 1 amide bonds. The van der Waals surface area contributed by atoms with Gasteiger partial charge in [-0.3, -0.25) is 14.6 Å². The van der Waals surface area contributed by atoms with Crippen LogP contribution < -0.4 is 10.6 Å². The predicted molar refractivity (Wildman–Crippen MR) is 121 cm³/mol. The van der Waals surface area contributed by atoms with E-state index >= 15 is 0 Å². The summed E-state index contributed by atoms with van der Waals surface area (Å²) < 4.78 is 18.3. The Hall–Kier alpha value is -1.91. The maximum absolute atomic E-state index is 13.2. The number of guanidine groups is 1. The highest BCUT2D eigenvalue weighted by atomic mass is 127. The number of ether oxygens (including phenoxy) is 1. The number of rotatable bonds is 7. The number of amides is 1. The van der Waals surface area contributed by atoms with Gasteiger partial charge >= 0.3 is 5.97 Å². The van der Waals surface area contributed by atoms with Crippen LogP contribution in [0.15, 0.2) is 29.3 Å². The lowest BCUT2D eigenvalue weighted by Gasteiger charge is -2.33. The Morgan fingerprint density at radius 1 is 1.31 bits per heavy atom. The van der Waals surface area contributed by atoms with Crippen LogP contribution >= 0.6 is 24.0 Å². The van der Waals surface area contributed by atoms with Gasteiger partial charge in [0.2, 0.25) is 5.91 Å². The number of hydrogen-bond donors (Lipinski definition) is 2. The van der Waals surface area contributed by atoms with Crippen LogP contribution in [-0.2, 0) is 20.7 Å². The topological polar surface area (TPSA) is 83.0 Å². The van der Waals surface area contributed by atoms with E-state index in [2.05, 4.69) is 15.6 Å². The van der Waals surface area contributed by atoms with E-state index in [0.717, 1.165) is 19.4 Å². The van der Waals surface area contributed by atoms with Gasteiger partial charge in [0.25, 0.3) is 0 Å². The molecule has 0 radical (unpaired) electrons. The van der Waals surface area contributed by atoms with Gasteiger partial charge in [-0.25, -0.2) is 4.39 Å². The molecule has 0 aliphatic carbocycles. The second-order valence-electron chi connectivity index (χ2n) is 6.67. The number of esters is 1. The van der Waals surface area contributed by atoms with Gasteiger partial charge in [0.05, 0.1) is 18.9 Å². The van der Waals surface area contributed by atoms with Crippen molar-refractivity contribution < 1.29 is 18.7 Å². The normalized spacial score (nSPS) is 16.6. The Labute approximate surface area is 188 Å². The molecule has 2 rings (SSSR count). The lowest BCUT2D eigenvalue weighted by molar-refractivity contribution is -0.149. The van der Waals surface area contributed by atoms with Crippen molar-refractivity contribution in [2.45, 2.75) is 26.2 Å². The lowest BCUT2D eigenvalue weighted by atomic mass is 9.98. The number of piperidine rings is 1. The highest BCUT2D eigenvalue weighted by molar-refractivity contribution is 14.0. The standard InChI is InChI=1S/C20H29FN4O3.HI/c1-3-28-19(27)16-7-5-11-25(14-16)20(22-2)24-10-9-23-18(26)13-15-6-4-8-17(21)12-15;/h4,6,8,12,16H,3,5,7,9-11,13-14H2,1-2H3,(H,22,24)(H,23,26);1H/t16-;/m0./s1. The van der Waals surface area contributed by atoms with Crippen molar-refractivity contribution in [3.63, 3.8) is 0 Å². The maximum atomic E-state index is 13.2. The lowest BCUT2D eigenvalue weighted by Crippen LogP contribution is -2.49. The molecule has 1 aromatic carbocycles. The summed E-state index contributed by atoms with van der Waals surface area (Å²) in [5, 5.41) is 6.01. The molecule has 0 bridgehead atoms. The number of aliphatic imine (C=N–C) groups is 1. The first-order valence-corrected chi connectivity index (χ1v) is 9.66. The number of hydrogen-bond acceptors (Lipinski definition) is 4. The fourth-order valence-electron chi connectivity index (χ4n) is 3.23. The molecule has 0 spiro atoms. The van der Waals surface area contributed by atoms with Gasteiger partial charge in [-0.15, -0.1) is 24.0 Å². The average Bonchev–Trinajstić information content (AvgIpc) is 2.68. The number of carbonyl (C=O) groups excluding carboxylic acids is 2. The Morgan fingerprint density at radius 2 is 2.07 bits per heavy atom. The molecule has 1 aliphatic heterocycles. The fraction of sp³-hybridized carbons (Fsp3) is 0.550. The molecule has 1 atom stereocenters. The van der Waals surface area contributed by atoms with Crippen LogP contribution in [0.1, 0.15) is 25.3 Å². The van der Waals surface area contributed by atoms with Crippen molar-refractivity contribution >= 4 is 41.8 Å². The van der Waals surface area contributed by atoms with Crippen LogP contribution in [0.4, 0.5) is 4.39 Å². The first-order valence-electron chi connectivity index (χ1n) is 9.66. The van der Waals surface area contributed by atoms with Crippen LogP contribution in [0.5, 0.6) is 0 Å². The molecular weight excluding hydrogens is 490 g/mol. The Bertz CT molecular complexity index is 702. The summed E-state index contributed by atoms with van der Waals surface area (Å²) in [6, 6.07) is 6.02. The number of likely N-dealkylation sites (tertiary alicyclic amines) is 1. The number of halogens is 2. The van der Waals surface area contributed by atoms with Gasteiger partial charge in [0, 0.05) is 33.2 Å². The first-order chi connectivity index (χ1) is 13.5. The summed E-state index contributed by atoms with van der Waals surface area (Å²) in [4.78, 5) is 30.3. The molecule has 1 aliphatic rings.